The van der Waals surface area contributed by atoms with Crippen LogP contribution in [0.4, 0.5) is 10.1 Å². The average molecular weight is 386 g/mol. The lowest BCUT2D eigenvalue weighted by molar-refractivity contribution is 0.102. The molecule has 0 radical (unpaired) electrons. The molecule has 0 heterocycles. The van der Waals surface area contributed by atoms with Gasteiger partial charge in [-0.2, -0.15) is 0 Å². The van der Waals surface area contributed by atoms with Gasteiger partial charge in [0.25, 0.3) is 5.91 Å². The minimum Gasteiger partial charge on any atom is -0.322 e. The maximum Gasteiger partial charge on any atom is 0.256 e. The van der Waals surface area contributed by atoms with Crippen LogP contribution in [0.15, 0.2) is 51.8 Å². The van der Waals surface area contributed by atoms with Gasteiger partial charge >= 0.3 is 0 Å². The van der Waals surface area contributed by atoms with E-state index < -0.39 is 21.6 Å². The van der Waals surface area contributed by atoms with E-state index in [0.717, 1.165) is 0 Å². The van der Waals surface area contributed by atoms with Crippen LogP contribution in [0, 0.1) is 5.82 Å². The molecule has 0 atom stereocenters. The fourth-order valence-corrected chi connectivity index (χ4v) is 3.20. The summed E-state index contributed by atoms with van der Waals surface area (Å²) in [5.41, 5.74) is 0.739. The monoisotopic (exact) mass is 385 g/mol. The van der Waals surface area contributed by atoms with Crippen LogP contribution in [0.3, 0.4) is 0 Å². The number of anilines is 1. The van der Waals surface area contributed by atoms with Crippen molar-refractivity contribution >= 4 is 37.4 Å². The fraction of sp³-hybridized carbons (Fsp3) is 0.133. The van der Waals surface area contributed by atoms with Gasteiger partial charge in [-0.05, 0) is 58.4 Å². The van der Waals surface area contributed by atoms with E-state index in [4.69, 9.17) is 0 Å². The van der Waals surface area contributed by atoms with Gasteiger partial charge in [-0.15, -0.1) is 0 Å². The van der Waals surface area contributed by atoms with Gasteiger partial charge in [0.15, 0.2) is 9.84 Å². The molecule has 7 heteroatoms. The summed E-state index contributed by atoms with van der Waals surface area (Å²) in [6.07, 6.45) is 0. The van der Waals surface area contributed by atoms with E-state index in [1.807, 2.05) is 0 Å². The van der Waals surface area contributed by atoms with E-state index in [1.165, 1.54) is 42.5 Å². The first-order chi connectivity index (χ1) is 10.3. The Labute approximate surface area is 136 Å². The van der Waals surface area contributed by atoms with E-state index in [1.54, 1.807) is 6.92 Å². The quantitative estimate of drug-likeness (QED) is 0.873. The summed E-state index contributed by atoms with van der Waals surface area (Å²) in [5, 5.41) is 2.63. The number of benzene rings is 2. The Morgan fingerprint density at radius 3 is 2.36 bits per heavy atom. The predicted molar refractivity (Wildman–Crippen MR) is 86.2 cm³/mol. The van der Waals surface area contributed by atoms with E-state index in [9.17, 15) is 17.6 Å². The average Bonchev–Trinajstić information content (AvgIpc) is 2.47. The number of nitrogens with one attached hydrogen (secondary N) is 1. The number of sulfone groups is 1. The number of rotatable bonds is 4. The Hall–Kier alpha value is -1.73. The molecule has 0 spiro atoms. The zero-order valence-electron chi connectivity index (χ0n) is 11.6. The molecule has 2 aromatic carbocycles. The van der Waals surface area contributed by atoms with Crippen molar-refractivity contribution in [1.29, 1.82) is 0 Å². The summed E-state index contributed by atoms with van der Waals surface area (Å²) >= 11 is 3.13. The summed E-state index contributed by atoms with van der Waals surface area (Å²) in [5.74, 6) is -0.850. The largest absolute Gasteiger partial charge is 0.322 e. The van der Waals surface area contributed by atoms with E-state index in [2.05, 4.69) is 21.2 Å². The second-order valence-corrected chi connectivity index (χ2v) is 7.64. The van der Waals surface area contributed by atoms with E-state index in [0.29, 0.717) is 10.2 Å². The molecule has 2 rings (SSSR count). The third-order valence-electron chi connectivity index (χ3n) is 3.03. The lowest BCUT2D eigenvalue weighted by Crippen LogP contribution is -2.13. The lowest BCUT2D eigenvalue weighted by Gasteiger charge is -2.08. The molecular formula is C15H13BrFNO3S. The van der Waals surface area contributed by atoms with Crippen molar-refractivity contribution in [2.75, 3.05) is 11.1 Å². The molecule has 1 amide bonds. The molecule has 22 heavy (non-hydrogen) atoms. The molecule has 4 nitrogen and oxygen atoms in total. The zero-order valence-corrected chi connectivity index (χ0v) is 14.0. The summed E-state index contributed by atoms with van der Waals surface area (Å²) in [6.45, 7) is 1.57. The maximum absolute atomic E-state index is 13.0. The molecule has 0 bridgehead atoms. The smallest absolute Gasteiger partial charge is 0.256 e. The molecule has 0 saturated heterocycles. The molecule has 116 valence electrons. The molecule has 0 saturated carbocycles. The topological polar surface area (TPSA) is 63.2 Å². The molecule has 2 aromatic rings. The second-order valence-electron chi connectivity index (χ2n) is 4.51. The summed E-state index contributed by atoms with van der Waals surface area (Å²) in [7, 11) is -3.27. The van der Waals surface area contributed by atoms with Gasteiger partial charge in [-0.25, -0.2) is 12.8 Å². The van der Waals surface area contributed by atoms with Crippen LogP contribution < -0.4 is 5.32 Å². The minimum atomic E-state index is -3.27. The molecule has 0 fully saturated rings. The van der Waals surface area contributed by atoms with Crippen molar-refractivity contribution in [3.8, 4) is 0 Å². The maximum atomic E-state index is 13.0. The molecule has 1 N–H and O–H groups in total. The molecule has 0 aliphatic heterocycles. The second kappa shape index (κ2) is 6.58. The zero-order chi connectivity index (χ0) is 16.3. The number of hydrogen-bond acceptors (Lipinski definition) is 3. The highest BCUT2D eigenvalue weighted by Crippen LogP contribution is 2.20. The highest BCUT2D eigenvalue weighted by Gasteiger charge is 2.13. The van der Waals surface area contributed by atoms with Gasteiger partial charge in [0, 0.05) is 10.2 Å². The Morgan fingerprint density at radius 2 is 1.82 bits per heavy atom. The minimum absolute atomic E-state index is 0.0151. The number of amides is 1. The summed E-state index contributed by atoms with van der Waals surface area (Å²) < 4.78 is 36.8. The first-order valence-electron chi connectivity index (χ1n) is 6.42. The number of carbonyl (C=O) groups excluding carboxylic acids is 1. The molecule has 0 aliphatic rings. The summed E-state index contributed by atoms with van der Waals surface area (Å²) in [4.78, 5) is 12.3. The number of carbonyl (C=O) groups is 1. The molecule has 0 aliphatic carbocycles. The van der Waals surface area contributed by atoms with Crippen molar-refractivity contribution in [1.82, 2.24) is 0 Å². The number of halogens is 2. The van der Waals surface area contributed by atoms with Crippen LogP contribution in [0.25, 0.3) is 0 Å². The van der Waals surface area contributed by atoms with Gasteiger partial charge in [-0.1, -0.05) is 6.92 Å². The standard InChI is InChI=1S/C15H13BrFNO3S/c1-2-22(20,21)12-6-4-11(5-7-12)18-15(19)13-8-3-10(17)9-14(13)16/h3-9H,2H2,1H3,(H,18,19). The lowest BCUT2D eigenvalue weighted by atomic mass is 10.2. The van der Waals surface area contributed by atoms with Gasteiger partial charge in [0.05, 0.1) is 16.2 Å². The number of hydrogen-bond donors (Lipinski definition) is 1. The Balaban J connectivity index is 2.19. The first kappa shape index (κ1) is 16.6. The SMILES string of the molecule is CCS(=O)(=O)c1ccc(NC(=O)c2ccc(F)cc2Br)cc1. The van der Waals surface area contributed by atoms with Crippen molar-refractivity contribution in [3.63, 3.8) is 0 Å². The van der Waals surface area contributed by atoms with Gasteiger partial charge in [0.2, 0.25) is 0 Å². The van der Waals surface area contributed by atoms with Crippen LogP contribution in [0.5, 0.6) is 0 Å². The van der Waals surface area contributed by atoms with E-state index >= 15 is 0 Å². The van der Waals surface area contributed by atoms with Crippen LogP contribution in [0.2, 0.25) is 0 Å². The fourth-order valence-electron chi connectivity index (χ4n) is 1.78. The highest BCUT2D eigenvalue weighted by atomic mass is 79.9. The van der Waals surface area contributed by atoms with Crippen molar-refractivity contribution in [2.24, 2.45) is 0 Å². The normalized spacial score (nSPS) is 11.2. The molecular weight excluding hydrogens is 373 g/mol. The Morgan fingerprint density at radius 1 is 1.18 bits per heavy atom. The first-order valence-corrected chi connectivity index (χ1v) is 8.87. The van der Waals surface area contributed by atoms with Crippen LogP contribution in [-0.2, 0) is 9.84 Å². The third kappa shape index (κ3) is 3.72. The van der Waals surface area contributed by atoms with Crippen LogP contribution >= 0.6 is 15.9 Å². The van der Waals surface area contributed by atoms with Crippen LogP contribution in [-0.4, -0.2) is 20.1 Å². The molecule has 0 unspecified atom stereocenters. The van der Waals surface area contributed by atoms with Crippen molar-refractivity contribution in [3.05, 3.63) is 58.3 Å². The third-order valence-corrected chi connectivity index (χ3v) is 5.43. The van der Waals surface area contributed by atoms with Crippen molar-refractivity contribution in [2.45, 2.75) is 11.8 Å². The van der Waals surface area contributed by atoms with Crippen LogP contribution in [0.1, 0.15) is 17.3 Å². The van der Waals surface area contributed by atoms with Gasteiger partial charge in [0.1, 0.15) is 5.82 Å². The van der Waals surface area contributed by atoms with Crippen molar-refractivity contribution < 1.29 is 17.6 Å². The Bertz CT molecular complexity index is 804. The van der Waals surface area contributed by atoms with Gasteiger partial charge < -0.3 is 5.32 Å². The molecule has 0 aromatic heterocycles. The van der Waals surface area contributed by atoms with Gasteiger partial charge in [-0.3, -0.25) is 4.79 Å². The Kier molecular flexibility index (Phi) is 4.97. The summed E-state index contributed by atoms with van der Waals surface area (Å²) in [6, 6.07) is 9.66. The highest BCUT2D eigenvalue weighted by molar-refractivity contribution is 9.10. The predicted octanol–water partition coefficient (Wildman–Crippen LogP) is 3.63. The van der Waals surface area contributed by atoms with E-state index in [-0.39, 0.29) is 16.2 Å².